The molecular formula is C19H14N4OS. The highest BCUT2D eigenvalue weighted by Gasteiger charge is 2.09. The van der Waals surface area contributed by atoms with E-state index in [2.05, 4.69) is 15.3 Å². The maximum Gasteiger partial charge on any atom is 0.216 e. The van der Waals surface area contributed by atoms with Crippen molar-refractivity contribution in [3.05, 3.63) is 77.1 Å². The molecule has 4 aromatic rings. The normalized spacial score (nSPS) is 11.4. The van der Waals surface area contributed by atoms with Crippen molar-refractivity contribution in [2.24, 2.45) is 5.10 Å². The number of phenols is 1. The number of rotatable bonds is 3. The smallest absolute Gasteiger partial charge is 0.216 e. The molecule has 0 bridgehead atoms. The summed E-state index contributed by atoms with van der Waals surface area (Å²) in [7, 11) is 0. The standard InChI is InChI=1S/C19H14N4OS/c24-17-11-10-13-6-4-5-9-15(13)16(17)12-20-23-18(21-22-19(23)25)14-7-2-1-3-8-14/h1-12,24H,(H,22,25)/b20-12-. The number of nitrogens with zero attached hydrogens (tertiary/aromatic N) is 3. The first-order chi connectivity index (χ1) is 12.2. The summed E-state index contributed by atoms with van der Waals surface area (Å²) in [4.78, 5) is 0. The topological polar surface area (TPSA) is 66.2 Å². The van der Waals surface area contributed by atoms with Crippen LogP contribution in [0, 0.1) is 4.77 Å². The third kappa shape index (κ3) is 2.83. The van der Waals surface area contributed by atoms with E-state index in [1.54, 1.807) is 17.0 Å². The van der Waals surface area contributed by atoms with Crippen molar-refractivity contribution in [1.82, 2.24) is 14.9 Å². The molecule has 0 aliphatic rings. The highest BCUT2D eigenvalue weighted by Crippen LogP contribution is 2.25. The van der Waals surface area contributed by atoms with Gasteiger partial charge in [-0.1, -0.05) is 60.7 Å². The van der Waals surface area contributed by atoms with Crippen LogP contribution in [0.25, 0.3) is 22.2 Å². The summed E-state index contributed by atoms with van der Waals surface area (Å²) >= 11 is 5.29. The van der Waals surface area contributed by atoms with Crippen LogP contribution >= 0.6 is 12.2 Å². The van der Waals surface area contributed by atoms with Gasteiger partial charge in [0.2, 0.25) is 4.77 Å². The van der Waals surface area contributed by atoms with Crippen LogP contribution in [0.15, 0.2) is 71.8 Å². The maximum atomic E-state index is 10.2. The van der Waals surface area contributed by atoms with Crippen molar-refractivity contribution >= 4 is 29.2 Å². The molecule has 0 fully saturated rings. The molecule has 0 saturated carbocycles. The number of nitrogens with one attached hydrogen (secondary N) is 1. The largest absolute Gasteiger partial charge is 0.507 e. The van der Waals surface area contributed by atoms with Gasteiger partial charge in [-0.2, -0.15) is 14.9 Å². The van der Waals surface area contributed by atoms with E-state index in [4.69, 9.17) is 12.2 Å². The average molecular weight is 346 g/mol. The summed E-state index contributed by atoms with van der Waals surface area (Å²) in [6.07, 6.45) is 1.61. The number of hydrogen-bond donors (Lipinski definition) is 2. The lowest BCUT2D eigenvalue weighted by Gasteiger charge is -2.05. The van der Waals surface area contributed by atoms with Crippen molar-refractivity contribution in [3.63, 3.8) is 0 Å². The van der Waals surface area contributed by atoms with Gasteiger partial charge in [-0.25, -0.2) is 5.10 Å². The van der Waals surface area contributed by atoms with Crippen LogP contribution in [0.2, 0.25) is 0 Å². The van der Waals surface area contributed by atoms with Gasteiger partial charge in [0, 0.05) is 11.1 Å². The third-order valence-electron chi connectivity index (χ3n) is 3.93. The van der Waals surface area contributed by atoms with Gasteiger partial charge in [-0.15, -0.1) is 0 Å². The minimum Gasteiger partial charge on any atom is -0.507 e. The fourth-order valence-electron chi connectivity index (χ4n) is 2.71. The van der Waals surface area contributed by atoms with Crippen molar-refractivity contribution in [3.8, 4) is 17.1 Å². The fourth-order valence-corrected chi connectivity index (χ4v) is 2.89. The third-order valence-corrected chi connectivity index (χ3v) is 4.20. The first-order valence-electron chi connectivity index (χ1n) is 7.72. The molecule has 0 aliphatic carbocycles. The van der Waals surface area contributed by atoms with E-state index < -0.39 is 0 Å². The van der Waals surface area contributed by atoms with E-state index in [0.717, 1.165) is 16.3 Å². The lowest BCUT2D eigenvalue weighted by molar-refractivity contribution is 0.475. The van der Waals surface area contributed by atoms with E-state index in [1.165, 1.54) is 0 Å². The zero-order valence-corrected chi connectivity index (χ0v) is 13.9. The Morgan fingerprint density at radius 1 is 1.00 bits per heavy atom. The average Bonchev–Trinajstić information content (AvgIpc) is 3.02. The van der Waals surface area contributed by atoms with Crippen LogP contribution in [-0.2, 0) is 0 Å². The van der Waals surface area contributed by atoms with Gasteiger partial charge in [-0.05, 0) is 29.1 Å². The number of H-pyrrole nitrogens is 1. The van der Waals surface area contributed by atoms with Gasteiger partial charge < -0.3 is 5.11 Å². The lowest BCUT2D eigenvalue weighted by atomic mass is 10.0. The Kier molecular flexibility index (Phi) is 3.87. The Labute approximate surface area is 148 Å². The molecule has 0 atom stereocenters. The summed E-state index contributed by atoms with van der Waals surface area (Å²) in [5, 5.41) is 23.7. The molecule has 0 aliphatic heterocycles. The molecule has 2 N–H and O–H groups in total. The molecule has 0 saturated heterocycles. The lowest BCUT2D eigenvalue weighted by Crippen LogP contribution is -1.95. The molecule has 0 amide bonds. The van der Waals surface area contributed by atoms with Crippen molar-refractivity contribution in [2.45, 2.75) is 0 Å². The summed E-state index contributed by atoms with van der Waals surface area (Å²) in [5.74, 6) is 0.778. The predicted octanol–water partition coefficient (Wildman–Crippen LogP) is 4.35. The predicted molar refractivity (Wildman–Crippen MR) is 101 cm³/mol. The molecule has 1 aromatic heterocycles. The molecular weight excluding hydrogens is 332 g/mol. The minimum atomic E-state index is 0.165. The Hall–Kier alpha value is -3.25. The van der Waals surface area contributed by atoms with Gasteiger partial charge in [0.1, 0.15) is 5.75 Å². The zero-order valence-electron chi connectivity index (χ0n) is 13.1. The molecule has 0 unspecified atom stereocenters. The van der Waals surface area contributed by atoms with Gasteiger partial charge >= 0.3 is 0 Å². The quantitative estimate of drug-likeness (QED) is 0.428. The second kappa shape index (κ2) is 6.33. The van der Waals surface area contributed by atoms with Crippen LogP contribution in [-0.4, -0.2) is 26.2 Å². The Morgan fingerprint density at radius 3 is 2.60 bits per heavy atom. The molecule has 122 valence electrons. The number of fused-ring (bicyclic) bond motifs is 1. The second-order valence-electron chi connectivity index (χ2n) is 5.49. The van der Waals surface area contributed by atoms with Crippen molar-refractivity contribution < 1.29 is 5.11 Å². The number of hydrogen-bond acceptors (Lipinski definition) is 4. The van der Waals surface area contributed by atoms with E-state index in [0.29, 0.717) is 16.2 Å². The van der Waals surface area contributed by atoms with Crippen LogP contribution in [0.4, 0.5) is 0 Å². The van der Waals surface area contributed by atoms with Gasteiger partial charge in [0.15, 0.2) is 5.82 Å². The Morgan fingerprint density at radius 2 is 1.76 bits per heavy atom. The first kappa shape index (κ1) is 15.3. The highest BCUT2D eigenvalue weighted by atomic mass is 32.1. The zero-order chi connectivity index (χ0) is 17.2. The summed E-state index contributed by atoms with van der Waals surface area (Å²) in [6, 6.07) is 21.0. The monoisotopic (exact) mass is 346 g/mol. The maximum absolute atomic E-state index is 10.2. The second-order valence-corrected chi connectivity index (χ2v) is 5.88. The van der Waals surface area contributed by atoms with Crippen LogP contribution in [0.1, 0.15) is 5.56 Å². The van der Waals surface area contributed by atoms with Gasteiger partial charge in [0.05, 0.1) is 6.21 Å². The molecule has 25 heavy (non-hydrogen) atoms. The molecule has 1 heterocycles. The molecule has 0 radical (unpaired) electrons. The van der Waals surface area contributed by atoms with Gasteiger partial charge in [-0.3, -0.25) is 0 Å². The SMILES string of the molecule is Oc1ccc2ccccc2c1/C=N\n1c(-c2ccccc2)n[nH]c1=S. The molecule has 4 rings (SSSR count). The van der Waals surface area contributed by atoms with Crippen LogP contribution < -0.4 is 0 Å². The number of phenolic OH excluding ortho intramolecular Hbond substituents is 1. The molecule has 6 heteroatoms. The van der Waals surface area contributed by atoms with E-state index >= 15 is 0 Å². The van der Waals surface area contributed by atoms with E-state index in [9.17, 15) is 5.11 Å². The number of benzene rings is 3. The summed E-state index contributed by atoms with van der Waals surface area (Å²) in [6.45, 7) is 0. The van der Waals surface area contributed by atoms with E-state index in [-0.39, 0.29) is 5.75 Å². The molecule has 0 spiro atoms. The number of aromatic amines is 1. The summed E-state index contributed by atoms with van der Waals surface area (Å²) < 4.78 is 1.93. The molecule has 5 nitrogen and oxygen atoms in total. The van der Waals surface area contributed by atoms with E-state index in [1.807, 2.05) is 60.7 Å². The number of aromatic hydroxyl groups is 1. The van der Waals surface area contributed by atoms with Crippen LogP contribution in [0.3, 0.4) is 0 Å². The van der Waals surface area contributed by atoms with Crippen molar-refractivity contribution in [2.75, 3.05) is 0 Å². The minimum absolute atomic E-state index is 0.165. The first-order valence-corrected chi connectivity index (χ1v) is 8.13. The highest BCUT2D eigenvalue weighted by molar-refractivity contribution is 7.71. The van der Waals surface area contributed by atoms with Crippen molar-refractivity contribution in [1.29, 1.82) is 0 Å². The fraction of sp³-hybridized carbons (Fsp3) is 0. The Balaban J connectivity index is 1.84. The van der Waals surface area contributed by atoms with Gasteiger partial charge in [0.25, 0.3) is 0 Å². The summed E-state index contributed by atoms with van der Waals surface area (Å²) in [5.41, 5.74) is 1.54. The molecule has 3 aromatic carbocycles. The van der Waals surface area contributed by atoms with Crippen LogP contribution in [0.5, 0.6) is 5.75 Å². The Bertz CT molecular complexity index is 1130. The number of aromatic nitrogens is 3.